The first-order chi connectivity index (χ1) is 3.84. The maximum atomic E-state index is 12.1. The molecule has 0 atom stereocenters. The molecule has 1 aromatic rings. The van der Waals surface area contributed by atoms with Crippen molar-refractivity contribution < 1.29 is 8.81 Å². The van der Waals surface area contributed by atoms with E-state index in [0.29, 0.717) is 12.2 Å². The third kappa shape index (κ3) is 0.710. The van der Waals surface area contributed by atoms with Crippen LogP contribution < -0.4 is 0 Å². The summed E-state index contributed by atoms with van der Waals surface area (Å²) in [5, 5.41) is 0. The molecule has 0 spiro atoms. The minimum absolute atomic E-state index is 0.324. The highest BCUT2D eigenvalue weighted by molar-refractivity contribution is 4.90. The minimum atomic E-state index is -0.493. The van der Waals surface area contributed by atoms with E-state index in [-0.39, 0.29) is 0 Å². The van der Waals surface area contributed by atoms with Gasteiger partial charge in [-0.1, -0.05) is 6.92 Å². The number of hydrogen-bond donors (Lipinski definition) is 0. The van der Waals surface area contributed by atoms with Crippen molar-refractivity contribution in [3.05, 3.63) is 18.1 Å². The van der Waals surface area contributed by atoms with Gasteiger partial charge in [-0.15, -0.1) is 0 Å². The van der Waals surface area contributed by atoms with Gasteiger partial charge < -0.3 is 4.42 Å². The maximum absolute atomic E-state index is 12.1. The quantitative estimate of drug-likeness (QED) is 0.552. The second kappa shape index (κ2) is 1.94. The predicted octanol–water partition coefficient (Wildman–Crippen LogP) is 1.38. The molecule has 0 fully saturated rings. The van der Waals surface area contributed by atoms with Crippen LogP contribution in [0.5, 0.6) is 0 Å². The van der Waals surface area contributed by atoms with Crippen molar-refractivity contribution in [1.82, 2.24) is 4.98 Å². The number of halogens is 1. The molecule has 0 aliphatic heterocycles. The molecule has 8 heavy (non-hydrogen) atoms. The molecule has 0 N–H and O–H groups in total. The molecule has 44 valence electrons. The Hall–Kier alpha value is -0.860. The zero-order valence-electron chi connectivity index (χ0n) is 4.52. The first-order valence-electron chi connectivity index (χ1n) is 2.42. The molecule has 0 aliphatic carbocycles. The molecule has 0 aliphatic rings. The average Bonchev–Trinajstić information content (AvgIpc) is 2.14. The highest BCUT2D eigenvalue weighted by atomic mass is 19.1. The van der Waals surface area contributed by atoms with Crippen LogP contribution in [0.1, 0.15) is 12.7 Å². The van der Waals surface area contributed by atoms with Crippen molar-refractivity contribution in [2.45, 2.75) is 13.3 Å². The lowest BCUT2D eigenvalue weighted by atomic mass is 10.4. The molecule has 0 aromatic carbocycles. The highest BCUT2D eigenvalue weighted by Crippen LogP contribution is 2.03. The van der Waals surface area contributed by atoms with Gasteiger partial charge in [0, 0.05) is 6.42 Å². The first kappa shape index (κ1) is 5.28. The second-order valence-electron chi connectivity index (χ2n) is 1.42. The Morgan fingerprint density at radius 1 is 1.88 bits per heavy atom. The largest absolute Gasteiger partial charge is 0.445 e. The van der Waals surface area contributed by atoms with Gasteiger partial charge in [0.1, 0.15) is 0 Å². The van der Waals surface area contributed by atoms with Crippen LogP contribution in [0, 0.1) is 5.95 Å². The van der Waals surface area contributed by atoms with Crippen molar-refractivity contribution in [3.8, 4) is 0 Å². The molecule has 1 rings (SSSR count). The van der Waals surface area contributed by atoms with Crippen molar-refractivity contribution in [1.29, 1.82) is 0 Å². The number of aromatic nitrogens is 1. The third-order valence-electron chi connectivity index (χ3n) is 0.912. The van der Waals surface area contributed by atoms with E-state index in [1.54, 1.807) is 0 Å². The Kier molecular flexibility index (Phi) is 1.28. The van der Waals surface area contributed by atoms with Gasteiger partial charge in [0.15, 0.2) is 12.2 Å². The van der Waals surface area contributed by atoms with Crippen molar-refractivity contribution >= 4 is 0 Å². The molecular weight excluding hydrogens is 109 g/mol. The zero-order chi connectivity index (χ0) is 5.98. The van der Waals surface area contributed by atoms with E-state index in [9.17, 15) is 4.39 Å². The Morgan fingerprint density at radius 3 is 2.88 bits per heavy atom. The van der Waals surface area contributed by atoms with Crippen molar-refractivity contribution in [2.75, 3.05) is 0 Å². The number of oxazole rings is 1. The standard InChI is InChI=1S/C5H6FNO/c1-2-4-5(6)7-3-8-4/h3H,2H2,1H3. The summed E-state index contributed by atoms with van der Waals surface area (Å²) in [7, 11) is 0. The molecule has 0 bridgehead atoms. The highest BCUT2D eigenvalue weighted by Gasteiger charge is 2.01. The molecule has 0 saturated carbocycles. The summed E-state index contributed by atoms with van der Waals surface area (Å²) in [5.74, 6) is -0.169. The van der Waals surface area contributed by atoms with E-state index >= 15 is 0 Å². The van der Waals surface area contributed by atoms with Crippen LogP contribution in [0.4, 0.5) is 4.39 Å². The van der Waals surface area contributed by atoms with Gasteiger partial charge in [0.2, 0.25) is 0 Å². The van der Waals surface area contributed by atoms with Gasteiger partial charge in [0.05, 0.1) is 0 Å². The fourth-order valence-corrected chi connectivity index (χ4v) is 0.486. The maximum Gasteiger partial charge on any atom is 0.254 e. The van der Waals surface area contributed by atoms with E-state index in [0.717, 1.165) is 6.39 Å². The molecule has 0 radical (unpaired) electrons. The summed E-state index contributed by atoms with van der Waals surface area (Å²) in [6.07, 6.45) is 1.67. The lowest BCUT2D eigenvalue weighted by Crippen LogP contribution is -1.79. The minimum Gasteiger partial charge on any atom is -0.445 e. The van der Waals surface area contributed by atoms with Crippen molar-refractivity contribution in [2.24, 2.45) is 0 Å². The topological polar surface area (TPSA) is 26.0 Å². The monoisotopic (exact) mass is 115 g/mol. The van der Waals surface area contributed by atoms with Crippen LogP contribution in [-0.2, 0) is 6.42 Å². The van der Waals surface area contributed by atoms with E-state index in [1.165, 1.54) is 0 Å². The van der Waals surface area contributed by atoms with Gasteiger partial charge in [-0.3, -0.25) is 0 Å². The summed E-state index contributed by atoms with van der Waals surface area (Å²) in [5.41, 5.74) is 0. The third-order valence-corrected chi connectivity index (χ3v) is 0.912. The van der Waals surface area contributed by atoms with E-state index < -0.39 is 5.95 Å². The molecule has 0 unspecified atom stereocenters. The summed E-state index contributed by atoms with van der Waals surface area (Å²) in [6, 6.07) is 0. The molecule has 0 saturated heterocycles. The summed E-state index contributed by atoms with van der Waals surface area (Å²) < 4.78 is 16.8. The molecule has 2 nitrogen and oxygen atoms in total. The summed E-state index contributed by atoms with van der Waals surface area (Å²) in [4.78, 5) is 3.25. The lowest BCUT2D eigenvalue weighted by molar-refractivity contribution is 0.479. The summed E-state index contributed by atoms with van der Waals surface area (Å²) in [6.45, 7) is 1.81. The van der Waals surface area contributed by atoms with E-state index in [2.05, 4.69) is 9.40 Å². The Morgan fingerprint density at radius 2 is 2.62 bits per heavy atom. The molecule has 1 heterocycles. The average molecular weight is 115 g/mol. The van der Waals surface area contributed by atoms with Crippen LogP contribution in [0.25, 0.3) is 0 Å². The zero-order valence-corrected chi connectivity index (χ0v) is 4.52. The van der Waals surface area contributed by atoms with Gasteiger partial charge in [-0.25, -0.2) is 0 Å². The van der Waals surface area contributed by atoms with Gasteiger partial charge in [-0.2, -0.15) is 9.37 Å². The Bertz CT molecular complexity index is 173. The van der Waals surface area contributed by atoms with E-state index in [4.69, 9.17) is 0 Å². The lowest BCUT2D eigenvalue weighted by Gasteiger charge is -1.81. The van der Waals surface area contributed by atoms with Crippen LogP contribution in [0.15, 0.2) is 10.8 Å². The number of hydrogen-bond acceptors (Lipinski definition) is 2. The number of rotatable bonds is 1. The normalized spacial score (nSPS) is 9.75. The molecular formula is C5H6FNO. The van der Waals surface area contributed by atoms with Gasteiger partial charge >= 0.3 is 0 Å². The van der Waals surface area contributed by atoms with Crippen LogP contribution in [0.2, 0.25) is 0 Å². The SMILES string of the molecule is CCc1ocnc1F. The van der Waals surface area contributed by atoms with Crippen LogP contribution >= 0.6 is 0 Å². The second-order valence-corrected chi connectivity index (χ2v) is 1.42. The number of nitrogens with zero attached hydrogens (tertiary/aromatic N) is 1. The predicted molar refractivity (Wildman–Crippen MR) is 25.8 cm³/mol. The van der Waals surface area contributed by atoms with E-state index in [1.807, 2.05) is 6.92 Å². The fourth-order valence-electron chi connectivity index (χ4n) is 0.486. The molecule has 1 aromatic heterocycles. The van der Waals surface area contributed by atoms with Crippen LogP contribution in [-0.4, -0.2) is 4.98 Å². The van der Waals surface area contributed by atoms with Gasteiger partial charge in [0.25, 0.3) is 5.95 Å². The van der Waals surface area contributed by atoms with Crippen molar-refractivity contribution in [3.63, 3.8) is 0 Å². The van der Waals surface area contributed by atoms with Crippen LogP contribution in [0.3, 0.4) is 0 Å². The Labute approximate surface area is 46.3 Å². The fraction of sp³-hybridized carbons (Fsp3) is 0.400. The Balaban J connectivity index is 2.92. The van der Waals surface area contributed by atoms with Gasteiger partial charge in [-0.05, 0) is 0 Å². The smallest absolute Gasteiger partial charge is 0.254 e. The first-order valence-corrected chi connectivity index (χ1v) is 2.42. The summed E-state index contributed by atoms with van der Waals surface area (Å²) >= 11 is 0. The molecule has 0 amide bonds. The number of aryl methyl sites for hydroxylation is 1. The molecule has 3 heteroatoms.